The van der Waals surface area contributed by atoms with E-state index in [2.05, 4.69) is 4.98 Å². The van der Waals surface area contributed by atoms with E-state index >= 15 is 0 Å². The molecular formula is C15H14ClNO4. The van der Waals surface area contributed by atoms with Crippen molar-refractivity contribution in [1.82, 2.24) is 4.98 Å². The fourth-order valence-electron chi connectivity index (χ4n) is 1.88. The molecule has 0 aliphatic carbocycles. The van der Waals surface area contributed by atoms with Gasteiger partial charge in [-0.1, -0.05) is 11.6 Å². The molecule has 5 nitrogen and oxygen atoms in total. The summed E-state index contributed by atoms with van der Waals surface area (Å²) in [4.78, 5) is 15.8. The SMILES string of the molecule is COC(=O)c1cc(Cl)nc(-c2ccc(OC)c(OC)c2)c1. The van der Waals surface area contributed by atoms with Gasteiger partial charge >= 0.3 is 5.97 Å². The molecule has 1 aromatic heterocycles. The van der Waals surface area contributed by atoms with E-state index in [1.165, 1.54) is 13.2 Å². The van der Waals surface area contributed by atoms with Crippen molar-refractivity contribution >= 4 is 17.6 Å². The van der Waals surface area contributed by atoms with Gasteiger partial charge in [0.05, 0.1) is 32.6 Å². The molecule has 6 heteroatoms. The van der Waals surface area contributed by atoms with E-state index in [9.17, 15) is 4.79 Å². The van der Waals surface area contributed by atoms with Crippen molar-refractivity contribution in [1.29, 1.82) is 0 Å². The number of aromatic nitrogens is 1. The molecule has 0 spiro atoms. The van der Waals surface area contributed by atoms with Crippen molar-refractivity contribution in [3.05, 3.63) is 41.0 Å². The van der Waals surface area contributed by atoms with Crippen molar-refractivity contribution in [3.8, 4) is 22.8 Å². The largest absolute Gasteiger partial charge is 0.493 e. The Bertz CT molecular complexity index is 673. The van der Waals surface area contributed by atoms with Gasteiger partial charge in [0.15, 0.2) is 11.5 Å². The summed E-state index contributed by atoms with van der Waals surface area (Å²) in [5.74, 6) is 0.703. The summed E-state index contributed by atoms with van der Waals surface area (Å²) in [5, 5.41) is 0.211. The molecule has 2 rings (SSSR count). The lowest BCUT2D eigenvalue weighted by Crippen LogP contribution is -2.02. The van der Waals surface area contributed by atoms with Crippen LogP contribution < -0.4 is 9.47 Å². The number of methoxy groups -OCH3 is 3. The summed E-state index contributed by atoms with van der Waals surface area (Å²) >= 11 is 5.96. The zero-order chi connectivity index (χ0) is 15.4. The Morgan fingerprint density at radius 2 is 1.76 bits per heavy atom. The van der Waals surface area contributed by atoms with Gasteiger partial charge in [-0.3, -0.25) is 0 Å². The predicted molar refractivity (Wildman–Crippen MR) is 79.1 cm³/mol. The van der Waals surface area contributed by atoms with E-state index in [1.807, 2.05) is 0 Å². The molecule has 0 aliphatic heterocycles. The number of hydrogen-bond donors (Lipinski definition) is 0. The second kappa shape index (κ2) is 6.45. The minimum absolute atomic E-state index is 0.211. The quantitative estimate of drug-likeness (QED) is 0.641. The maximum Gasteiger partial charge on any atom is 0.338 e. The first kappa shape index (κ1) is 15.1. The summed E-state index contributed by atoms with van der Waals surface area (Å²) in [6.45, 7) is 0. The van der Waals surface area contributed by atoms with Gasteiger partial charge in [-0.05, 0) is 30.3 Å². The highest BCUT2D eigenvalue weighted by atomic mass is 35.5. The number of ether oxygens (including phenoxy) is 3. The molecule has 0 radical (unpaired) electrons. The number of pyridine rings is 1. The van der Waals surface area contributed by atoms with Gasteiger partial charge in [0.25, 0.3) is 0 Å². The highest BCUT2D eigenvalue weighted by Crippen LogP contribution is 2.32. The summed E-state index contributed by atoms with van der Waals surface area (Å²) < 4.78 is 15.1. The highest BCUT2D eigenvalue weighted by molar-refractivity contribution is 6.29. The van der Waals surface area contributed by atoms with E-state index in [0.29, 0.717) is 22.8 Å². The van der Waals surface area contributed by atoms with E-state index in [0.717, 1.165) is 5.56 Å². The van der Waals surface area contributed by atoms with Crippen LogP contribution in [0, 0.1) is 0 Å². The number of esters is 1. The van der Waals surface area contributed by atoms with Gasteiger partial charge in [-0.2, -0.15) is 0 Å². The second-order valence-electron chi connectivity index (χ2n) is 4.13. The second-order valence-corrected chi connectivity index (χ2v) is 4.51. The predicted octanol–water partition coefficient (Wildman–Crippen LogP) is 3.21. The number of carbonyl (C=O) groups is 1. The van der Waals surface area contributed by atoms with E-state index in [-0.39, 0.29) is 5.15 Å². The molecule has 0 saturated carbocycles. The normalized spacial score (nSPS) is 10.1. The van der Waals surface area contributed by atoms with Crippen LogP contribution in [0.4, 0.5) is 0 Å². The minimum atomic E-state index is -0.471. The molecule has 0 unspecified atom stereocenters. The van der Waals surface area contributed by atoms with Crippen LogP contribution in [0.5, 0.6) is 11.5 Å². The molecule has 0 N–H and O–H groups in total. The first-order valence-corrected chi connectivity index (χ1v) is 6.45. The highest BCUT2D eigenvalue weighted by Gasteiger charge is 2.12. The monoisotopic (exact) mass is 307 g/mol. The molecule has 0 bridgehead atoms. The van der Waals surface area contributed by atoms with Crippen LogP contribution in [0.1, 0.15) is 10.4 Å². The zero-order valence-corrected chi connectivity index (χ0v) is 12.6. The van der Waals surface area contributed by atoms with E-state index in [1.54, 1.807) is 38.5 Å². The van der Waals surface area contributed by atoms with Crippen LogP contribution in [0.3, 0.4) is 0 Å². The number of nitrogens with zero attached hydrogens (tertiary/aromatic N) is 1. The van der Waals surface area contributed by atoms with Gasteiger partial charge < -0.3 is 14.2 Å². The van der Waals surface area contributed by atoms with Crippen LogP contribution in [0.25, 0.3) is 11.3 Å². The summed E-state index contributed by atoms with van der Waals surface area (Å²) in [6, 6.07) is 8.39. The maximum absolute atomic E-state index is 11.6. The van der Waals surface area contributed by atoms with E-state index < -0.39 is 5.97 Å². The minimum Gasteiger partial charge on any atom is -0.493 e. The summed E-state index contributed by atoms with van der Waals surface area (Å²) in [6.07, 6.45) is 0. The lowest BCUT2D eigenvalue weighted by atomic mass is 10.1. The van der Waals surface area contributed by atoms with Crippen LogP contribution in [0.2, 0.25) is 5.15 Å². The zero-order valence-electron chi connectivity index (χ0n) is 11.8. The third kappa shape index (κ3) is 3.25. The van der Waals surface area contributed by atoms with Crippen molar-refractivity contribution in [2.75, 3.05) is 21.3 Å². The van der Waals surface area contributed by atoms with Crippen molar-refractivity contribution in [2.45, 2.75) is 0 Å². The Labute approximate surface area is 127 Å². The van der Waals surface area contributed by atoms with Crippen molar-refractivity contribution in [3.63, 3.8) is 0 Å². The Hall–Kier alpha value is -2.27. The van der Waals surface area contributed by atoms with Gasteiger partial charge in [-0.25, -0.2) is 9.78 Å². The number of benzene rings is 1. The number of rotatable bonds is 4. The van der Waals surface area contributed by atoms with Gasteiger partial charge in [0.1, 0.15) is 5.15 Å². The van der Waals surface area contributed by atoms with Crippen LogP contribution >= 0.6 is 11.6 Å². The third-order valence-electron chi connectivity index (χ3n) is 2.89. The molecule has 2 aromatic rings. The average molecular weight is 308 g/mol. The molecule has 0 fully saturated rings. The lowest BCUT2D eigenvalue weighted by molar-refractivity contribution is 0.0600. The topological polar surface area (TPSA) is 57.7 Å². The Balaban J connectivity index is 2.51. The summed E-state index contributed by atoms with van der Waals surface area (Å²) in [7, 11) is 4.42. The molecule has 21 heavy (non-hydrogen) atoms. The van der Waals surface area contributed by atoms with E-state index in [4.69, 9.17) is 25.8 Å². The standard InChI is InChI=1S/C15H14ClNO4/c1-19-12-5-4-9(7-13(12)20-2)11-6-10(15(18)21-3)8-14(16)17-11/h4-8H,1-3H3. The van der Waals surface area contributed by atoms with Crippen molar-refractivity contribution in [2.24, 2.45) is 0 Å². The van der Waals surface area contributed by atoms with Crippen LogP contribution in [-0.2, 0) is 4.74 Å². The number of halogens is 1. The third-order valence-corrected chi connectivity index (χ3v) is 3.09. The number of carbonyl (C=O) groups excluding carboxylic acids is 1. The van der Waals surface area contributed by atoms with Crippen LogP contribution in [-0.4, -0.2) is 32.3 Å². The Kier molecular flexibility index (Phi) is 4.65. The lowest BCUT2D eigenvalue weighted by Gasteiger charge is -2.10. The first-order chi connectivity index (χ1) is 10.1. The molecule has 0 aliphatic rings. The fourth-order valence-corrected chi connectivity index (χ4v) is 2.08. The first-order valence-electron chi connectivity index (χ1n) is 6.07. The molecule has 1 aromatic carbocycles. The Morgan fingerprint density at radius 1 is 1.05 bits per heavy atom. The van der Waals surface area contributed by atoms with Gasteiger partial charge in [0.2, 0.25) is 0 Å². The van der Waals surface area contributed by atoms with Crippen LogP contribution in [0.15, 0.2) is 30.3 Å². The molecule has 0 saturated heterocycles. The van der Waals surface area contributed by atoms with Crippen molar-refractivity contribution < 1.29 is 19.0 Å². The van der Waals surface area contributed by atoms with Gasteiger partial charge in [0, 0.05) is 5.56 Å². The smallest absolute Gasteiger partial charge is 0.338 e. The molecule has 1 heterocycles. The maximum atomic E-state index is 11.6. The summed E-state index contributed by atoms with van der Waals surface area (Å²) in [5.41, 5.74) is 1.63. The number of hydrogen-bond acceptors (Lipinski definition) is 5. The Morgan fingerprint density at radius 3 is 2.38 bits per heavy atom. The average Bonchev–Trinajstić information content (AvgIpc) is 2.52. The molecular weight excluding hydrogens is 294 g/mol. The molecule has 0 atom stereocenters. The van der Waals surface area contributed by atoms with Gasteiger partial charge in [-0.15, -0.1) is 0 Å². The fraction of sp³-hybridized carbons (Fsp3) is 0.200. The molecule has 110 valence electrons. The molecule has 0 amide bonds.